The van der Waals surface area contributed by atoms with Gasteiger partial charge in [0, 0.05) is 24.7 Å². The fourth-order valence-electron chi connectivity index (χ4n) is 1.84. The van der Waals surface area contributed by atoms with Crippen molar-refractivity contribution in [2.45, 2.75) is 11.9 Å². The molecule has 0 spiro atoms. The molecule has 0 amide bonds. The van der Waals surface area contributed by atoms with Crippen molar-refractivity contribution in [3.63, 3.8) is 0 Å². The lowest BCUT2D eigenvalue weighted by Crippen LogP contribution is -2.45. The van der Waals surface area contributed by atoms with Crippen molar-refractivity contribution in [3.8, 4) is 0 Å². The molecule has 8 heteroatoms. The van der Waals surface area contributed by atoms with E-state index in [0.29, 0.717) is 23.7 Å². The van der Waals surface area contributed by atoms with E-state index in [1.807, 2.05) is 0 Å². The number of hydrogen-bond donors (Lipinski definition) is 2. The summed E-state index contributed by atoms with van der Waals surface area (Å²) in [5, 5.41) is 3.61. The molecule has 1 aliphatic heterocycles. The number of nitrogens with one attached hydrogen (secondary N) is 2. The van der Waals surface area contributed by atoms with Crippen LogP contribution in [0.25, 0.3) is 0 Å². The molecule has 0 aromatic heterocycles. The molecule has 2 rings (SSSR count). The first-order valence-electron chi connectivity index (χ1n) is 6.10. The van der Waals surface area contributed by atoms with Gasteiger partial charge in [-0.3, -0.25) is 0 Å². The molecule has 1 unspecified atom stereocenters. The van der Waals surface area contributed by atoms with Gasteiger partial charge in [-0.05, 0) is 11.6 Å². The standard InChI is InChI=1S/C12H17ClN2O3S.ClH/c13-12-4-2-1-3-10(12)9-19(16,17)15-8-11-7-14-5-6-18-11;/h1-4,11,14-15H,5-9H2;1H. The van der Waals surface area contributed by atoms with Gasteiger partial charge in [0.1, 0.15) is 0 Å². The summed E-state index contributed by atoms with van der Waals surface area (Å²) >= 11 is 5.95. The zero-order valence-electron chi connectivity index (χ0n) is 10.8. The first kappa shape index (κ1) is 17.7. The highest BCUT2D eigenvalue weighted by Crippen LogP contribution is 2.17. The monoisotopic (exact) mass is 340 g/mol. The van der Waals surface area contributed by atoms with Crippen LogP contribution < -0.4 is 10.0 Å². The van der Waals surface area contributed by atoms with Crippen molar-refractivity contribution in [2.24, 2.45) is 0 Å². The zero-order valence-corrected chi connectivity index (χ0v) is 13.2. The van der Waals surface area contributed by atoms with Crippen LogP contribution in [0.3, 0.4) is 0 Å². The molecule has 0 radical (unpaired) electrons. The van der Waals surface area contributed by atoms with Gasteiger partial charge < -0.3 is 10.1 Å². The molecule has 1 aliphatic rings. The lowest BCUT2D eigenvalue weighted by Gasteiger charge is -2.23. The summed E-state index contributed by atoms with van der Waals surface area (Å²) in [6.45, 7) is 2.36. The Kier molecular flexibility index (Phi) is 7.22. The molecule has 0 bridgehead atoms. The van der Waals surface area contributed by atoms with Gasteiger partial charge in [-0.25, -0.2) is 13.1 Å². The smallest absolute Gasteiger partial charge is 0.215 e. The quantitative estimate of drug-likeness (QED) is 0.844. The van der Waals surface area contributed by atoms with E-state index < -0.39 is 10.0 Å². The van der Waals surface area contributed by atoms with Crippen LogP contribution in [0.5, 0.6) is 0 Å². The van der Waals surface area contributed by atoms with Gasteiger partial charge in [0.15, 0.2) is 0 Å². The number of benzene rings is 1. The zero-order chi connectivity index (χ0) is 13.7. The average molecular weight is 341 g/mol. The van der Waals surface area contributed by atoms with Crippen molar-refractivity contribution in [1.29, 1.82) is 0 Å². The third kappa shape index (κ3) is 5.55. The van der Waals surface area contributed by atoms with Crippen LogP contribution in [0.2, 0.25) is 5.02 Å². The Balaban J connectivity index is 0.00000200. The van der Waals surface area contributed by atoms with Gasteiger partial charge in [0.05, 0.1) is 18.5 Å². The van der Waals surface area contributed by atoms with Crippen LogP contribution in [0, 0.1) is 0 Å². The van der Waals surface area contributed by atoms with Crippen molar-refractivity contribution in [2.75, 3.05) is 26.2 Å². The molecule has 114 valence electrons. The topological polar surface area (TPSA) is 67.4 Å². The van der Waals surface area contributed by atoms with Crippen molar-refractivity contribution in [3.05, 3.63) is 34.9 Å². The highest BCUT2D eigenvalue weighted by molar-refractivity contribution is 7.88. The molecule has 0 saturated carbocycles. The number of hydrogen-bond acceptors (Lipinski definition) is 4. The van der Waals surface area contributed by atoms with E-state index in [9.17, 15) is 8.42 Å². The second-order valence-corrected chi connectivity index (χ2v) is 6.61. The minimum atomic E-state index is -3.40. The Hall–Kier alpha value is -0.370. The van der Waals surface area contributed by atoms with Crippen LogP contribution in [-0.4, -0.2) is 40.8 Å². The fourth-order valence-corrected chi connectivity index (χ4v) is 3.33. The Morgan fingerprint density at radius 1 is 1.40 bits per heavy atom. The van der Waals surface area contributed by atoms with E-state index >= 15 is 0 Å². The van der Waals surface area contributed by atoms with E-state index in [2.05, 4.69) is 10.0 Å². The number of rotatable bonds is 5. The maximum Gasteiger partial charge on any atom is 0.215 e. The fraction of sp³-hybridized carbons (Fsp3) is 0.500. The lowest BCUT2D eigenvalue weighted by atomic mass is 10.2. The summed E-state index contributed by atoms with van der Waals surface area (Å²) in [4.78, 5) is 0. The minimum Gasteiger partial charge on any atom is -0.374 e. The van der Waals surface area contributed by atoms with Gasteiger partial charge in [-0.2, -0.15) is 0 Å². The molecule has 5 nitrogen and oxygen atoms in total. The van der Waals surface area contributed by atoms with Crippen LogP contribution >= 0.6 is 24.0 Å². The first-order valence-corrected chi connectivity index (χ1v) is 8.13. The van der Waals surface area contributed by atoms with Crippen molar-refractivity contribution in [1.82, 2.24) is 10.0 Å². The van der Waals surface area contributed by atoms with E-state index in [1.54, 1.807) is 24.3 Å². The molecule has 20 heavy (non-hydrogen) atoms. The lowest BCUT2D eigenvalue weighted by molar-refractivity contribution is 0.0324. The molecule has 1 heterocycles. The van der Waals surface area contributed by atoms with E-state index in [4.69, 9.17) is 16.3 Å². The summed E-state index contributed by atoms with van der Waals surface area (Å²) < 4.78 is 31.9. The molecule has 1 fully saturated rings. The van der Waals surface area contributed by atoms with E-state index in [1.165, 1.54) is 0 Å². The molecule has 1 atom stereocenters. The molecule has 1 aromatic carbocycles. The average Bonchev–Trinajstić information content (AvgIpc) is 2.40. The van der Waals surface area contributed by atoms with Gasteiger partial charge in [0.2, 0.25) is 10.0 Å². The molecule has 2 N–H and O–H groups in total. The number of morpholine rings is 1. The number of halogens is 2. The van der Waals surface area contributed by atoms with Gasteiger partial charge in [-0.15, -0.1) is 12.4 Å². The Labute approximate surface area is 130 Å². The summed E-state index contributed by atoms with van der Waals surface area (Å²) in [5.74, 6) is -0.118. The van der Waals surface area contributed by atoms with E-state index in [0.717, 1.165) is 6.54 Å². The summed E-state index contributed by atoms with van der Waals surface area (Å²) in [5.41, 5.74) is 0.597. The van der Waals surface area contributed by atoms with Crippen LogP contribution in [0.15, 0.2) is 24.3 Å². The molecular weight excluding hydrogens is 323 g/mol. The Bertz CT molecular complexity index is 519. The highest BCUT2D eigenvalue weighted by Gasteiger charge is 2.18. The minimum absolute atomic E-state index is 0. The molecule has 0 aliphatic carbocycles. The highest BCUT2D eigenvalue weighted by atomic mass is 35.5. The third-order valence-electron chi connectivity index (χ3n) is 2.84. The van der Waals surface area contributed by atoms with Crippen LogP contribution in [-0.2, 0) is 20.5 Å². The van der Waals surface area contributed by atoms with Gasteiger partial charge in [0.25, 0.3) is 0 Å². The summed E-state index contributed by atoms with van der Waals surface area (Å²) in [6.07, 6.45) is -0.116. The largest absolute Gasteiger partial charge is 0.374 e. The second-order valence-electron chi connectivity index (χ2n) is 4.40. The predicted octanol–water partition coefficient (Wildman–Crippen LogP) is 1.17. The molecular formula is C12H18Cl2N2O3S. The van der Waals surface area contributed by atoms with Crippen LogP contribution in [0.1, 0.15) is 5.56 Å². The molecule has 1 aromatic rings. The maximum absolute atomic E-state index is 11.9. The normalized spacial score (nSPS) is 19.4. The Morgan fingerprint density at radius 2 is 2.15 bits per heavy atom. The Morgan fingerprint density at radius 3 is 2.80 bits per heavy atom. The van der Waals surface area contributed by atoms with Gasteiger partial charge >= 0.3 is 0 Å². The van der Waals surface area contributed by atoms with Crippen LogP contribution in [0.4, 0.5) is 0 Å². The van der Waals surface area contributed by atoms with E-state index in [-0.39, 0.29) is 30.8 Å². The first-order chi connectivity index (χ1) is 9.07. The summed E-state index contributed by atoms with van der Waals surface area (Å²) in [6, 6.07) is 6.93. The molecule has 1 saturated heterocycles. The maximum atomic E-state index is 11.9. The van der Waals surface area contributed by atoms with Gasteiger partial charge in [-0.1, -0.05) is 29.8 Å². The SMILES string of the molecule is Cl.O=S(=O)(Cc1ccccc1Cl)NCC1CNCCO1. The van der Waals surface area contributed by atoms with Crippen molar-refractivity contribution >= 4 is 34.0 Å². The number of sulfonamides is 1. The summed E-state index contributed by atoms with van der Waals surface area (Å²) in [7, 11) is -3.40. The third-order valence-corrected chi connectivity index (χ3v) is 4.50. The predicted molar refractivity (Wildman–Crippen MR) is 81.9 cm³/mol. The number of ether oxygens (including phenoxy) is 1. The van der Waals surface area contributed by atoms with Crippen molar-refractivity contribution < 1.29 is 13.2 Å². The second kappa shape index (κ2) is 8.17.